The average molecular weight is 492 g/mol. The van der Waals surface area contributed by atoms with E-state index in [1.54, 1.807) is 25.1 Å². The third kappa shape index (κ3) is 4.23. The summed E-state index contributed by atoms with van der Waals surface area (Å²) in [6.07, 6.45) is 0. The minimum atomic E-state index is -4.59. The van der Waals surface area contributed by atoms with Crippen LogP contribution in [-0.4, -0.2) is 51.9 Å². The van der Waals surface area contributed by atoms with E-state index in [1.807, 2.05) is 0 Å². The molecule has 2 aromatic carbocycles. The standard InChI is InChI=1S/C18H21N9O4S2/c1-9(7-19)27-33(30,31)13-6-5-10(11-3-2-4-12-15(11)25-18(20)24-12)14(16(13)32(21,28)29)17-22-8-23-26-17/h2-6,9,27H,7-8,19H2,1H3,(H3,20,24,25)(H2,21,28,29)/t9-/m1/s1. The monoisotopic (exact) mass is 491 g/mol. The number of para-hydroxylation sites is 1. The van der Waals surface area contributed by atoms with Crippen molar-refractivity contribution >= 4 is 42.9 Å². The van der Waals surface area contributed by atoms with Gasteiger partial charge in [-0.1, -0.05) is 18.2 Å². The normalized spacial score (nSPS) is 15.2. The molecule has 0 unspecified atom stereocenters. The van der Waals surface area contributed by atoms with Crippen LogP contribution in [0.1, 0.15) is 12.5 Å². The Balaban J connectivity index is 2.11. The van der Waals surface area contributed by atoms with Crippen molar-refractivity contribution in [1.29, 1.82) is 0 Å². The summed E-state index contributed by atoms with van der Waals surface area (Å²) >= 11 is 0. The lowest BCUT2D eigenvalue weighted by Gasteiger charge is -2.19. The van der Waals surface area contributed by atoms with Gasteiger partial charge in [-0.15, -0.1) is 5.11 Å². The largest absolute Gasteiger partial charge is 0.369 e. The molecule has 3 aromatic rings. The van der Waals surface area contributed by atoms with E-state index in [4.69, 9.17) is 16.6 Å². The number of fused-ring (bicyclic) bond motifs is 1. The lowest BCUT2D eigenvalue weighted by Crippen LogP contribution is -2.38. The Morgan fingerprint density at radius 3 is 2.55 bits per heavy atom. The maximum absolute atomic E-state index is 13.1. The number of nitrogens with zero attached hydrogens (tertiary/aromatic N) is 4. The number of aliphatic imine (C=N–C) groups is 1. The molecule has 0 saturated carbocycles. The van der Waals surface area contributed by atoms with Gasteiger partial charge in [0.1, 0.15) is 9.79 Å². The maximum Gasteiger partial charge on any atom is 0.242 e. The van der Waals surface area contributed by atoms with E-state index < -0.39 is 35.9 Å². The van der Waals surface area contributed by atoms with E-state index in [9.17, 15) is 16.8 Å². The van der Waals surface area contributed by atoms with Gasteiger partial charge in [0.2, 0.25) is 20.0 Å². The number of azo groups is 1. The number of amidine groups is 1. The summed E-state index contributed by atoms with van der Waals surface area (Å²) in [5.41, 5.74) is 13.0. The second kappa shape index (κ2) is 8.27. The van der Waals surface area contributed by atoms with Gasteiger partial charge in [-0.3, -0.25) is 0 Å². The van der Waals surface area contributed by atoms with Crippen molar-refractivity contribution in [3.63, 3.8) is 0 Å². The van der Waals surface area contributed by atoms with Crippen LogP contribution in [0.5, 0.6) is 0 Å². The van der Waals surface area contributed by atoms with Crippen LogP contribution in [0, 0.1) is 0 Å². The molecule has 0 aliphatic carbocycles. The van der Waals surface area contributed by atoms with Crippen LogP contribution in [0.4, 0.5) is 5.95 Å². The Labute approximate surface area is 189 Å². The molecule has 1 aliphatic heterocycles. The summed E-state index contributed by atoms with van der Waals surface area (Å²) in [4.78, 5) is 10.1. The van der Waals surface area contributed by atoms with Crippen molar-refractivity contribution in [2.45, 2.75) is 22.8 Å². The molecule has 1 aromatic heterocycles. The molecule has 15 heteroatoms. The van der Waals surface area contributed by atoms with Gasteiger partial charge in [0.25, 0.3) is 0 Å². The molecule has 1 aliphatic rings. The van der Waals surface area contributed by atoms with Crippen molar-refractivity contribution in [3.8, 4) is 11.1 Å². The van der Waals surface area contributed by atoms with Crippen LogP contribution < -0.4 is 21.3 Å². The molecule has 0 saturated heterocycles. The molecule has 1 atom stereocenters. The van der Waals surface area contributed by atoms with Gasteiger partial charge in [-0.25, -0.2) is 36.7 Å². The fraction of sp³-hybridized carbons (Fsp3) is 0.222. The molecule has 4 rings (SSSR count). The minimum absolute atomic E-state index is 0.00161. The number of aromatic amines is 1. The Bertz CT molecular complexity index is 1530. The van der Waals surface area contributed by atoms with Crippen molar-refractivity contribution in [2.24, 2.45) is 26.1 Å². The van der Waals surface area contributed by atoms with Crippen molar-refractivity contribution in [2.75, 3.05) is 18.9 Å². The minimum Gasteiger partial charge on any atom is -0.369 e. The zero-order valence-electron chi connectivity index (χ0n) is 17.3. The molecule has 33 heavy (non-hydrogen) atoms. The molecule has 8 N–H and O–H groups in total. The first kappa shape index (κ1) is 22.9. The first-order valence-electron chi connectivity index (χ1n) is 9.62. The first-order chi connectivity index (χ1) is 15.5. The third-order valence-corrected chi connectivity index (χ3v) is 7.65. The van der Waals surface area contributed by atoms with Gasteiger partial charge in [0.05, 0.1) is 16.6 Å². The summed E-state index contributed by atoms with van der Waals surface area (Å²) in [6.45, 7) is 1.50. The van der Waals surface area contributed by atoms with Crippen LogP contribution >= 0.6 is 0 Å². The van der Waals surface area contributed by atoms with E-state index in [-0.39, 0.29) is 30.6 Å². The number of hydrogen-bond donors (Lipinski definition) is 5. The highest BCUT2D eigenvalue weighted by Gasteiger charge is 2.33. The summed E-state index contributed by atoms with van der Waals surface area (Å²) in [6, 6.07) is 7.09. The topological polar surface area (TPSA) is 224 Å². The first-order valence-corrected chi connectivity index (χ1v) is 12.6. The van der Waals surface area contributed by atoms with E-state index in [1.165, 1.54) is 6.07 Å². The number of hydrogen-bond acceptors (Lipinski definition) is 10. The Morgan fingerprint density at radius 1 is 1.15 bits per heavy atom. The second-order valence-electron chi connectivity index (χ2n) is 7.31. The number of aromatic nitrogens is 2. The highest BCUT2D eigenvalue weighted by molar-refractivity contribution is 7.92. The molecule has 0 fully saturated rings. The van der Waals surface area contributed by atoms with Gasteiger partial charge in [-0.05, 0) is 24.6 Å². The van der Waals surface area contributed by atoms with Crippen LogP contribution in [0.3, 0.4) is 0 Å². The number of anilines is 1. The van der Waals surface area contributed by atoms with Crippen LogP contribution in [0.15, 0.2) is 55.3 Å². The zero-order chi connectivity index (χ0) is 24.0. The lowest BCUT2D eigenvalue weighted by atomic mass is 9.97. The Morgan fingerprint density at radius 2 is 1.91 bits per heavy atom. The smallest absolute Gasteiger partial charge is 0.242 e. The number of nitrogens with two attached hydrogens (primary N) is 3. The van der Waals surface area contributed by atoms with E-state index in [0.717, 1.165) is 6.07 Å². The summed E-state index contributed by atoms with van der Waals surface area (Å²) < 4.78 is 54.1. The molecule has 0 radical (unpaired) electrons. The number of H-pyrrole nitrogens is 1. The molecule has 0 bridgehead atoms. The average Bonchev–Trinajstić information content (AvgIpc) is 3.40. The van der Waals surface area contributed by atoms with Crippen molar-refractivity contribution in [1.82, 2.24) is 14.7 Å². The number of rotatable bonds is 7. The summed E-state index contributed by atoms with van der Waals surface area (Å²) in [7, 11) is -8.92. The number of benzene rings is 2. The Kier molecular flexibility index (Phi) is 5.75. The molecular weight excluding hydrogens is 470 g/mol. The molecule has 13 nitrogen and oxygen atoms in total. The number of sulfonamides is 2. The second-order valence-corrected chi connectivity index (χ2v) is 10.5. The third-order valence-electron chi connectivity index (χ3n) is 4.90. The van der Waals surface area contributed by atoms with E-state index in [2.05, 4.69) is 29.9 Å². The molecule has 2 heterocycles. The van der Waals surface area contributed by atoms with Gasteiger partial charge >= 0.3 is 0 Å². The highest BCUT2D eigenvalue weighted by atomic mass is 32.2. The molecule has 174 valence electrons. The van der Waals surface area contributed by atoms with E-state index >= 15 is 0 Å². The maximum atomic E-state index is 13.1. The van der Waals surface area contributed by atoms with Gasteiger partial charge < -0.3 is 16.5 Å². The molecular formula is C18H21N9O4S2. The zero-order valence-corrected chi connectivity index (χ0v) is 19.0. The number of primary sulfonamides is 1. The molecule has 0 spiro atoms. The number of imidazole rings is 1. The fourth-order valence-electron chi connectivity index (χ4n) is 3.51. The van der Waals surface area contributed by atoms with Gasteiger partial charge in [0, 0.05) is 18.2 Å². The number of nitrogen functional groups attached to an aromatic ring is 1. The van der Waals surface area contributed by atoms with E-state index in [0.29, 0.717) is 22.2 Å². The van der Waals surface area contributed by atoms with Gasteiger partial charge in [-0.2, -0.15) is 5.11 Å². The number of nitrogens with one attached hydrogen (secondary N) is 2. The van der Waals surface area contributed by atoms with Crippen molar-refractivity contribution in [3.05, 3.63) is 35.9 Å². The quantitative estimate of drug-likeness (QED) is 0.309. The predicted molar refractivity (Wildman–Crippen MR) is 122 cm³/mol. The highest BCUT2D eigenvalue weighted by Crippen LogP contribution is 2.37. The SMILES string of the molecule is C[C@H](CN)NS(=O)(=O)c1ccc(-c2cccc3[nH]c(N)nc23)c(C2=NCN=N2)c1S(N)(=O)=O. The van der Waals surface area contributed by atoms with Gasteiger partial charge in [0.15, 0.2) is 18.5 Å². The van der Waals surface area contributed by atoms with Crippen LogP contribution in [-0.2, 0) is 20.0 Å². The van der Waals surface area contributed by atoms with Crippen molar-refractivity contribution < 1.29 is 16.8 Å². The van der Waals surface area contributed by atoms with Crippen LogP contribution in [0.25, 0.3) is 22.2 Å². The molecule has 0 amide bonds. The predicted octanol–water partition coefficient (Wildman–Crippen LogP) is 0.255. The summed E-state index contributed by atoms with van der Waals surface area (Å²) in [5, 5.41) is 13.2. The summed E-state index contributed by atoms with van der Waals surface area (Å²) in [5.74, 6) is 0.0844. The Hall–Kier alpha value is -3.24. The fourth-order valence-corrected chi connectivity index (χ4v) is 6.37. The lowest BCUT2D eigenvalue weighted by molar-refractivity contribution is 0.557. The van der Waals surface area contributed by atoms with Crippen LogP contribution in [0.2, 0.25) is 0 Å².